The molecule has 0 N–H and O–H groups in total. The third kappa shape index (κ3) is 5.07. The van der Waals surface area contributed by atoms with Gasteiger partial charge in [-0.1, -0.05) is 36.4 Å². The van der Waals surface area contributed by atoms with Gasteiger partial charge in [-0.05, 0) is 29.9 Å². The van der Waals surface area contributed by atoms with E-state index in [1.165, 1.54) is 19.9 Å². The van der Waals surface area contributed by atoms with Gasteiger partial charge in [0, 0.05) is 39.3 Å². The predicted octanol–water partition coefficient (Wildman–Crippen LogP) is 1.82. The van der Waals surface area contributed by atoms with Gasteiger partial charge in [-0.25, -0.2) is 16.8 Å². The Morgan fingerprint density at radius 2 is 1.62 bits per heavy atom. The van der Waals surface area contributed by atoms with E-state index in [0.717, 1.165) is 5.56 Å². The molecule has 1 aromatic carbocycles. The number of nitrogens with zero attached hydrogens (tertiary/aromatic N) is 3. The maximum absolute atomic E-state index is 13.1. The molecule has 4 rings (SSSR count). The molecule has 2 aliphatic rings. The van der Waals surface area contributed by atoms with E-state index in [9.17, 15) is 21.6 Å². The van der Waals surface area contributed by atoms with E-state index in [0.29, 0.717) is 36.7 Å². The van der Waals surface area contributed by atoms with Crippen molar-refractivity contribution < 1.29 is 21.6 Å². The summed E-state index contributed by atoms with van der Waals surface area (Å²) in [5.74, 6) is -0.540. The largest absolute Gasteiger partial charge is 0.340 e. The van der Waals surface area contributed by atoms with Crippen LogP contribution in [-0.4, -0.2) is 75.5 Å². The number of carbonyl (C=O) groups is 1. The van der Waals surface area contributed by atoms with E-state index >= 15 is 0 Å². The Labute approximate surface area is 193 Å². The van der Waals surface area contributed by atoms with Gasteiger partial charge in [-0.2, -0.15) is 8.61 Å². The van der Waals surface area contributed by atoms with Crippen molar-refractivity contribution in [3.05, 3.63) is 53.4 Å². The fraction of sp³-hybridized carbons (Fsp3) is 0.476. The highest BCUT2D eigenvalue weighted by atomic mass is 32.2. The van der Waals surface area contributed by atoms with E-state index in [-0.39, 0.29) is 31.3 Å². The molecular weight excluding hydrogens is 470 g/mol. The lowest BCUT2D eigenvalue weighted by Crippen LogP contribution is -2.54. The summed E-state index contributed by atoms with van der Waals surface area (Å²) in [5, 5.41) is 1.73. The van der Waals surface area contributed by atoms with Crippen LogP contribution in [0.5, 0.6) is 0 Å². The average molecular weight is 498 g/mol. The van der Waals surface area contributed by atoms with Crippen LogP contribution in [0.3, 0.4) is 0 Å². The zero-order chi connectivity index (χ0) is 22.8. The molecule has 11 heteroatoms. The summed E-state index contributed by atoms with van der Waals surface area (Å²) in [7, 11) is -7.03. The third-order valence-electron chi connectivity index (χ3n) is 5.96. The van der Waals surface area contributed by atoms with Gasteiger partial charge < -0.3 is 4.90 Å². The molecule has 2 aromatic rings. The van der Waals surface area contributed by atoms with Gasteiger partial charge in [0.25, 0.3) is 10.0 Å². The minimum atomic E-state index is -3.58. The van der Waals surface area contributed by atoms with Crippen LogP contribution in [0.25, 0.3) is 0 Å². The van der Waals surface area contributed by atoms with Crippen molar-refractivity contribution in [3.8, 4) is 0 Å². The second-order valence-electron chi connectivity index (χ2n) is 8.10. The molecule has 32 heavy (non-hydrogen) atoms. The van der Waals surface area contributed by atoms with Crippen LogP contribution in [-0.2, 0) is 30.6 Å². The summed E-state index contributed by atoms with van der Waals surface area (Å²) in [4.78, 5) is 14.8. The SMILES string of the molecule is O=C(C1CCCN(S(=O)(=O)c2cccs2)C1)N1CCN(S(=O)(=O)Cc2ccccc2)CC1. The van der Waals surface area contributed by atoms with Gasteiger partial charge in [0.15, 0.2) is 0 Å². The topological polar surface area (TPSA) is 95.1 Å². The first-order valence-electron chi connectivity index (χ1n) is 10.6. The standard InChI is InChI=1S/C21H27N3O5S3/c25-21(19-8-4-10-24(16-19)32(28,29)20-9-5-15-30-20)22-11-13-23(14-12-22)31(26,27)17-18-6-2-1-3-7-18/h1-3,5-7,9,15,19H,4,8,10-14,16-17H2. The first kappa shape index (κ1) is 23.4. The van der Waals surface area contributed by atoms with Crippen molar-refractivity contribution in [1.29, 1.82) is 0 Å². The number of piperidine rings is 1. The molecule has 1 aromatic heterocycles. The fourth-order valence-electron chi connectivity index (χ4n) is 4.22. The average Bonchev–Trinajstić information content (AvgIpc) is 3.35. The number of hydrogen-bond donors (Lipinski definition) is 0. The molecular formula is C21H27N3O5S3. The Balaban J connectivity index is 1.35. The summed E-state index contributed by atoms with van der Waals surface area (Å²) in [6.45, 7) is 1.73. The van der Waals surface area contributed by atoms with E-state index < -0.39 is 26.0 Å². The lowest BCUT2D eigenvalue weighted by atomic mass is 9.98. The molecule has 174 valence electrons. The Bertz CT molecular complexity index is 1130. The van der Waals surface area contributed by atoms with Crippen molar-refractivity contribution in [2.24, 2.45) is 5.92 Å². The van der Waals surface area contributed by atoms with Gasteiger partial charge >= 0.3 is 0 Å². The molecule has 2 fully saturated rings. The number of carbonyl (C=O) groups excluding carboxylic acids is 1. The van der Waals surface area contributed by atoms with Crippen molar-refractivity contribution in [2.45, 2.75) is 22.8 Å². The smallest absolute Gasteiger partial charge is 0.252 e. The van der Waals surface area contributed by atoms with Crippen molar-refractivity contribution >= 4 is 37.3 Å². The zero-order valence-electron chi connectivity index (χ0n) is 17.7. The molecule has 1 unspecified atom stereocenters. The van der Waals surface area contributed by atoms with Crippen LogP contribution in [0.1, 0.15) is 18.4 Å². The number of piperazine rings is 1. The van der Waals surface area contributed by atoms with Crippen molar-refractivity contribution in [2.75, 3.05) is 39.3 Å². The second-order valence-corrected chi connectivity index (χ2v) is 13.2. The van der Waals surface area contributed by atoms with E-state index in [4.69, 9.17) is 0 Å². The molecule has 0 bridgehead atoms. The number of amides is 1. The normalized spacial score (nSPS) is 21.5. The Morgan fingerprint density at radius 1 is 0.906 bits per heavy atom. The molecule has 0 saturated carbocycles. The Kier molecular flexibility index (Phi) is 7.01. The molecule has 1 amide bonds. The number of thiophene rings is 1. The van der Waals surface area contributed by atoms with Crippen LogP contribution in [0.4, 0.5) is 0 Å². The molecule has 3 heterocycles. The maximum Gasteiger partial charge on any atom is 0.252 e. The minimum Gasteiger partial charge on any atom is -0.340 e. The van der Waals surface area contributed by atoms with E-state index in [1.807, 2.05) is 18.2 Å². The highest BCUT2D eigenvalue weighted by Crippen LogP contribution is 2.27. The summed E-state index contributed by atoms with van der Waals surface area (Å²) < 4.78 is 54.3. The summed E-state index contributed by atoms with van der Waals surface area (Å²) in [6.07, 6.45) is 1.27. The Hall–Kier alpha value is -1.79. The lowest BCUT2D eigenvalue weighted by molar-refractivity contribution is -0.137. The third-order valence-corrected chi connectivity index (χ3v) is 11.0. The van der Waals surface area contributed by atoms with E-state index in [1.54, 1.807) is 34.5 Å². The highest BCUT2D eigenvalue weighted by Gasteiger charge is 2.37. The molecule has 1 atom stereocenters. The summed E-state index contributed by atoms with van der Waals surface area (Å²) in [5.41, 5.74) is 0.736. The lowest BCUT2D eigenvalue weighted by Gasteiger charge is -2.38. The number of rotatable bonds is 6. The van der Waals surface area contributed by atoms with Crippen LogP contribution in [0, 0.1) is 5.92 Å². The molecule has 2 aliphatic heterocycles. The summed E-state index contributed by atoms with van der Waals surface area (Å²) >= 11 is 1.18. The molecule has 2 saturated heterocycles. The van der Waals surface area contributed by atoms with Crippen LogP contribution in [0.15, 0.2) is 52.1 Å². The number of hydrogen-bond acceptors (Lipinski definition) is 6. The van der Waals surface area contributed by atoms with E-state index in [2.05, 4.69) is 0 Å². The van der Waals surface area contributed by atoms with Crippen molar-refractivity contribution in [1.82, 2.24) is 13.5 Å². The molecule has 8 nitrogen and oxygen atoms in total. The van der Waals surface area contributed by atoms with Crippen LogP contribution < -0.4 is 0 Å². The predicted molar refractivity (Wildman–Crippen MR) is 123 cm³/mol. The van der Waals surface area contributed by atoms with Gasteiger partial charge in [-0.3, -0.25) is 4.79 Å². The van der Waals surface area contributed by atoms with Crippen LogP contribution in [0.2, 0.25) is 0 Å². The number of benzene rings is 1. The minimum absolute atomic E-state index is 0.0556. The van der Waals surface area contributed by atoms with Gasteiger partial charge in [0.1, 0.15) is 4.21 Å². The zero-order valence-corrected chi connectivity index (χ0v) is 20.1. The maximum atomic E-state index is 13.1. The molecule has 0 radical (unpaired) electrons. The van der Waals surface area contributed by atoms with Gasteiger partial charge in [0.05, 0.1) is 11.7 Å². The fourth-order valence-corrected chi connectivity index (χ4v) is 8.41. The summed E-state index contributed by atoms with van der Waals surface area (Å²) in [6, 6.07) is 12.3. The van der Waals surface area contributed by atoms with Gasteiger partial charge in [0.2, 0.25) is 15.9 Å². The monoisotopic (exact) mass is 497 g/mol. The molecule has 0 aliphatic carbocycles. The van der Waals surface area contributed by atoms with Crippen molar-refractivity contribution in [3.63, 3.8) is 0 Å². The quantitative estimate of drug-likeness (QED) is 0.607. The second kappa shape index (κ2) is 9.60. The first-order valence-corrected chi connectivity index (χ1v) is 14.5. The molecule has 0 spiro atoms. The number of sulfonamides is 2. The highest BCUT2D eigenvalue weighted by molar-refractivity contribution is 7.91. The van der Waals surface area contributed by atoms with Crippen LogP contribution >= 0.6 is 11.3 Å². The van der Waals surface area contributed by atoms with Gasteiger partial charge in [-0.15, -0.1) is 11.3 Å². The first-order chi connectivity index (χ1) is 15.3. The Morgan fingerprint density at radius 3 is 2.28 bits per heavy atom.